The van der Waals surface area contributed by atoms with Crippen LogP contribution in [0.5, 0.6) is 0 Å². The number of nitro groups is 1. The highest BCUT2D eigenvalue weighted by Gasteiger charge is 2.22. The summed E-state index contributed by atoms with van der Waals surface area (Å²) in [5, 5.41) is 10.6. The van der Waals surface area contributed by atoms with Gasteiger partial charge in [0.1, 0.15) is 0 Å². The van der Waals surface area contributed by atoms with Crippen LogP contribution in [0.1, 0.15) is 44.1 Å². The zero-order valence-electron chi connectivity index (χ0n) is 11.1. The van der Waals surface area contributed by atoms with Gasteiger partial charge in [-0.25, -0.2) is 0 Å². The number of halogens is 1. The normalized spacial score (nSPS) is 17.5. The zero-order valence-corrected chi connectivity index (χ0v) is 12.6. The lowest BCUT2D eigenvalue weighted by atomic mass is 9.98. The number of aryl methyl sites for hydroxylation is 1. The number of alkyl halides is 1. The summed E-state index contributed by atoms with van der Waals surface area (Å²) in [6.45, 7) is 0. The lowest BCUT2D eigenvalue weighted by Crippen LogP contribution is -2.10. The molecule has 1 aromatic carbocycles. The number of nitro benzene ring substituents is 1. The summed E-state index contributed by atoms with van der Waals surface area (Å²) in [6.07, 6.45) is 8.85. The molecule has 0 radical (unpaired) electrons. The van der Waals surface area contributed by atoms with Crippen LogP contribution in [0.15, 0.2) is 24.3 Å². The minimum absolute atomic E-state index is 0.174. The molecule has 104 valence electrons. The van der Waals surface area contributed by atoms with Gasteiger partial charge < -0.3 is 0 Å². The Morgan fingerprint density at radius 1 is 1.26 bits per heavy atom. The van der Waals surface area contributed by atoms with E-state index < -0.39 is 0 Å². The number of nitrogens with zero attached hydrogens (tertiary/aromatic N) is 1. The SMILES string of the molecule is O=[N+]([O-])c1ccc(CCCC(Br)C2CCCC2)cc1. The highest BCUT2D eigenvalue weighted by atomic mass is 79.9. The Bertz CT molecular complexity index is 413. The molecule has 0 aromatic heterocycles. The Hall–Kier alpha value is -0.900. The van der Waals surface area contributed by atoms with Gasteiger partial charge in [0.05, 0.1) is 4.92 Å². The highest BCUT2D eigenvalue weighted by Crippen LogP contribution is 2.33. The quantitative estimate of drug-likeness (QED) is 0.425. The summed E-state index contributed by atoms with van der Waals surface area (Å²) >= 11 is 3.82. The minimum atomic E-state index is -0.349. The van der Waals surface area contributed by atoms with Crippen molar-refractivity contribution in [3.63, 3.8) is 0 Å². The second-order valence-corrected chi connectivity index (χ2v) is 6.55. The lowest BCUT2D eigenvalue weighted by Gasteiger charge is -2.16. The lowest BCUT2D eigenvalue weighted by molar-refractivity contribution is -0.384. The number of hydrogen-bond donors (Lipinski definition) is 0. The van der Waals surface area contributed by atoms with Crippen LogP contribution in [0.4, 0.5) is 5.69 Å². The van der Waals surface area contributed by atoms with E-state index in [2.05, 4.69) is 15.9 Å². The molecule has 0 heterocycles. The van der Waals surface area contributed by atoms with Crippen molar-refractivity contribution < 1.29 is 4.92 Å². The van der Waals surface area contributed by atoms with Crippen LogP contribution >= 0.6 is 15.9 Å². The number of hydrogen-bond acceptors (Lipinski definition) is 2. The first kappa shape index (κ1) is 14.5. The Morgan fingerprint density at radius 2 is 1.89 bits per heavy atom. The van der Waals surface area contributed by atoms with Gasteiger partial charge in [0.25, 0.3) is 5.69 Å². The Balaban J connectivity index is 1.74. The Morgan fingerprint density at radius 3 is 2.47 bits per heavy atom. The fourth-order valence-corrected chi connectivity index (χ4v) is 3.69. The molecule has 1 fully saturated rings. The van der Waals surface area contributed by atoms with Crippen LogP contribution in [0, 0.1) is 16.0 Å². The monoisotopic (exact) mass is 325 g/mol. The van der Waals surface area contributed by atoms with Gasteiger partial charge in [-0.15, -0.1) is 0 Å². The van der Waals surface area contributed by atoms with E-state index in [0.717, 1.165) is 18.8 Å². The van der Waals surface area contributed by atoms with Gasteiger partial charge in [0.15, 0.2) is 0 Å². The van der Waals surface area contributed by atoms with E-state index in [-0.39, 0.29) is 10.6 Å². The molecule has 1 saturated carbocycles. The first-order chi connectivity index (χ1) is 9.16. The largest absolute Gasteiger partial charge is 0.269 e. The van der Waals surface area contributed by atoms with Crippen molar-refractivity contribution in [2.75, 3.05) is 0 Å². The Labute approximate surface area is 122 Å². The third-order valence-electron chi connectivity index (χ3n) is 4.00. The molecule has 0 amide bonds. The molecule has 1 unspecified atom stereocenters. The summed E-state index contributed by atoms with van der Waals surface area (Å²) in [7, 11) is 0. The molecule has 0 aliphatic heterocycles. The van der Waals surface area contributed by atoms with Crippen LogP contribution in [0.25, 0.3) is 0 Å². The average Bonchev–Trinajstić information content (AvgIpc) is 2.93. The van der Waals surface area contributed by atoms with Gasteiger partial charge in [0, 0.05) is 17.0 Å². The van der Waals surface area contributed by atoms with Crippen LogP contribution in [-0.2, 0) is 6.42 Å². The summed E-state index contributed by atoms with van der Waals surface area (Å²) in [5.74, 6) is 0.858. The van der Waals surface area contributed by atoms with E-state index in [1.807, 2.05) is 12.1 Å². The van der Waals surface area contributed by atoms with Crippen molar-refractivity contribution in [3.8, 4) is 0 Å². The fourth-order valence-electron chi connectivity index (χ4n) is 2.84. The zero-order chi connectivity index (χ0) is 13.7. The summed E-state index contributed by atoms with van der Waals surface area (Å²) in [5.41, 5.74) is 1.37. The molecule has 0 spiro atoms. The van der Waals surface area contributed by atoms with E-state index in [0.29, 0.717) is 4.83 Å². The van der Waals surface area contributed by atoms with E-state index in [9.17, 15) is 10.1 Å². The third-order valence-corrected chi connectivity index (χ3v) is 5.21. The molecule has 1 aromatic rings. The van der Waals surface area contributed by atoms with E-state index >= 15 is 0 Å². The smallest absolute Gasteiger partial charge is 0.258 e. The molecule has 1 aliphatic carbocycles. The van der Waals surface area contributed by atoms with Gasteiger partial charge >= 0.3 is 0 Å². The molecule has 4 heteroatoms. The number of benzene rings is 1. The molecule has 0 N–H and O–H groups in total. The topological polar surface area (TPSA) is 43.1 Å². The second kappa shape index (κ2) is 7.04. The van der Waals surface area contributed by atoms with Crippen molar-refractivity contribution >= 4 is 21.6 Å². The highest BCUT2D eigenvalue weighted by molar-refractivity contribution is 9.09. The van der Waals surface area contributed by atoms with Gasteiger partial charge in [0.2, 0.25) is 0 Å². The van der Waals surface area contributed by atoms with Gasteiger partial charge in [-0.1, -0.05) is 40.9 Å². The molecular formula is C15H20BrNO2. The predicted octanol–water partition coefficient (Wildman–Crippen LogP) is 4.87. The molecule has 2 rings (SSSR count). The first-order valence-electron chi connectivity index (χ1n) is 7.04. The summed E-state index contributed by atoms with van der Waals surface area (Å²) in [6, 6.07) is 6.93. The maximum Gasteiger partial charge on any atom is 0.269 e. The van der Waals surface area contributed by atoms with Gasteiger partial charge in [-0.3, -0.25) is 10.1 Å². The van der Waals surface area contributed by atoms with Gasteiger partial charge in [-0.05, 0) is 43.6 Å². The molecular weight excluding hydrogens is 306 g/mol. The Kier molecular flexibility index (Phi) is 5.37. The van der Waals surface area contributed by atoms with Crippen molar-refractivity contribution in [2.24, 2.45) is 5.92 Å². The molecule has 19 heavy (non-hydrogen) atoms. The van der Waals surface area contributed by atoms with E-state index in [4.69, 9.17) is 0 Å². The molecule has 0 saturated heterocycles. The standard InChI is InChI=1S/C15H20BrNO2/c16-15(13-5-1-2-6-13)7-3-4-12-8-10-14(11-9-12)17(18)19/h8-11,13,15H,1-7H2. The molecule has 1 aliphatic rings. The minimum Gasteiger partial charge on any atom is -0.258 e. The van der Waals surface area contributed by atoms with Crippen LogP contribution in [0.3, 0.4) is 0 Å². The summed E-state index contributed by atoms with van der Waals surface area (Å²) in [4.78, 5) is 10.9. The van der Waals surface area contributed by atoms with Crippen molar-refractivity contribution in [1.29, 1.82) is 0 Å². The maximum absolute atomic E-state index is 10.6. The third kappa shape index (κ3) is 4.30. The number of non-ortho nitro benzene ring substituents is 1. The van der Waals surface area contributed by atoms with Crippen LogP contribution in [0.2, 0.25) is 0 Å². The molecule has 0 bridgehead atoms. The number of rotatable bonds is 6. The van der Waals surface area contributed by atoms with E-state index in [1.165, 1.54) is 37.7 Å². The second-order valence-electron chi connectivity index (χ2n) is 5.38. The van der Waals surface area contributed by atoms with Crippen LogP contribution < -0.4 is 0 Å². The van der Waals surface area contributed by atoms with Crippen molar-refractivity contribution in [2.45, 2.75) is 49.8 Å². The molecule has 3 nitrogen and oxygen atoms in total. The van der Waals surface area contributed by atoms with Gasteiger partial charge in [-0.2, -0.15) is 0 Å². The first-order valence-corrected chi connectivity index (χ1v) is 7.96. The van der Waals surface area contributed by atoms with Crippen LogP contribution in [-0.4, -0.2) is 9.75 Å². The van der Waals surface area contributed by atoms with E-state index in [1.54, 1.807) is 12.1 Å². The fraction of sp³-hybridized carbons (Fsp3) is 0.600. The average molecular weight is 326 g/mol. The predicted molar refractivity (Wildman–Crippen MR) is 80.7 cm³/mol. The van der Waals surface area contributed by atoms with Crippen molar-refractivity contribution in [1.82, 2.24) is 0 Å². The summed E-state index contributed by atoms with van der Waals surface area (Å²) < 4.78 is 0. The van der Waals surface area contributed by atoms with Crippen molar-refractivity contribution in [3.05, 3.63) is 39.9 Å². The molecule has 1 atom stereocenters. The maximum atomic E-state index is 10.6.